The van der Waals surface area contributed by atoms with E-state index in [1.165, 1.54) is 6.07 Å². The Hall–Kier alpha value is -1.49. The van der Waals surface area contributed by atoms with Gasteiger partial charge < -0.3 is 10.1 Å². The molecule has 1 aliphatic carbocycles. The standard InChI is InChI=1S/C17H21F2NO2/c1-16(2)10-11(5-8-22-16)15(21)20-17(6-7-17)13-9-12(18)3-4-14(13)19/h3-4,9,11H,5-8,10H2,1-2H3,(H,20,21). The quantitative estimate of drug-likeness (QED) is 0.930. The lowest BCUT2D eigenvalue weighted by Gasteiger charge is -2.35. The Bertz CT molecular complexity index is 596. The molecule has 1 atom stereocenters. The van der Waals surface area contributed by atoms with Crippen LogP contribution in [0.5, 0.6) is 0 Å². The summed E-state index contributed by atoms with van der Waals surface area (Å²) in [4.78, 5) is 12.5. The lowest BCUT2D eigenvalue weighted by atomic mass is 9.87. The van der Waals surface area contributed by atoms with Gasteiger partial charge in [-0.2, -0.15) is 0 Å². The van der Waals surface area contributed by atoms with Crippen LogP contribution in [0.3, 0.4) is 0 Å². The molecule has 1 amide bonds. The van der Waals surface area contributed by atoms with Gasteiger partial charge in [-0.1, -0.05) is 0 Å². The summed E-state index contributed by atoms with van der Waals surface area (Å²) >= 11 is 0. The van der Waals surface area contributed by atoms with Gasteiger partial charge in [-0.3, -0.25) is 4.79 Å². The molecule has 5 heteroatoms. The van der Waals surface area contributed by atoms with E-state index in [2.05, 4.69) is 5.32 Å². The first kappa shape index (κ1) is 15.4. The summed E-state index contributed by atoms with van der Waals surface area (Å²) in [5, 5.41) is 2.96. The summed E-state index contributed by atoms with van der Waals surface area (Å²) in [6, 6.07) is 3.41. The van der Waals surface area contributed by atoms with Crippen LogP contribution >= 0.6 is 0 Å². The van der Waals surface area contributed by atoms with Gasteiger partial charge in [0.25, 0.3) is 0 Å². The highest BCUT2D eigenvalue weighted by molar-refractivity contribution is 5.80. The van der Waals surface area contributed by atoms with Crippen molar-refractivity contribution in [2.24, 2.45) is 5.92 Å². The lowest BCUT2D eigenvalue weighted by molar-refractivity contribution is -0.136. The lowest BCUT2D eigenvalue weighted by Crippen LogP contribution is -2.45. The molecule has 120 valence electrons. The molecule has 1 N–H and O–H groups in total. The Morgan fingerprint density at radius 2 is 2.05 bits per heavy atom. The SMILES string of the molecule is CC1(C)CC(C(=O)NC2(c3cc(F)ccc3F)CC2)CCO1. The zero-order valence-electron chi connectivity index (χ0n) is 12.9. The summed E-state index contributed by atoms with van der Waals surface area (Å²) in [5.74, 6) is -1.17. The molecule has 0 spiro atoms. The molecule has 1 saturated carbocycles. The van der Waals surface area contributed by atoms with Crippen molar-refractivity contribution in [1.82, 2.24) is 5.32 Å². The number of halogens is 2. The van der Waals surface area contributed by atoms with Gasteiger partial charge in [0.1, 0.15) is 11.6 Å². The summed E-state index contributed by atoms with van der Waals surface area (Å²) in [7, 11) is 0. The largest absolute Gasteiger partial charge is 0.376 e. The molecule has 22 heavy (non-hydrogen) atoms. The maximum atomic E-state index is 14.0. The van der Waals surface area contributed by atoms with Crippen LogP contribution in [0, 0.1) is 17.6 Å². The zero-order chi connectivity index (χ0) is 16.0. The summed E-state index contributed by atoms with van der Waals surface area (Å²) in [6.45, 7) is 4.48. The van der Waals surface area contributed by atoms with Gasteiger partial charge in [0.2, 0.25) is 5.91 Å². The Kier molecular flexibility index (Phi) is 3.71. The highest BCUT2D eigenvalue weighted by atomic mass is 19.1. The van der Waals surface area contributed by atoms with Crippen molar-refractivity contribution in [1.29, 1.82) is 0 Å². The Morgan fingerprint density at radius 1 is 1.32 bits per heavy atom. The smallest absolute Gasteiger partial charge is 0.224 e. The third kappa shape index (κ3) is 3.00. The molecule has 1 saturated heterocycles. The average molecular weight is 309 g/mol. The van der Waals surface area contributed by atoms with Crippen molar-refractivity contribution in [2.45, 2.75) is 50.7 Å². The number of benzene rings is 1. The Labute approximate surface area is 129 Å². The van der Waals surface area contributed by atoms with Gasteiger partial charge in [-0.05, 0) is 57.7 Å². The van der Waals surface area contributed by atoms with E-state index in [1.54, 1.807) is 0 Å². The number of hydrogen-bond donors (Lipinski definition) is 1. The van der Waals surface area contributed by atoms with E-state index in [0.717, 1.165) is 12.1 Å². The van der Waals surface area contributed by atoms with Crippen LogP contribution in [0.2, 0.25) is 0 Å². The average Bonchev–Trinajstić information content (AvgIpc) is 3.21. The number of rotatable bonds is 3. The fourth-order valence-electron chi connectivity index (χ4n) is 3.24. The normalized spacial score (nSPS) is 25.5. The molecule has 1 aromatic carbocycles. The fraction of sp³-hybridized carbons (Fsp3) is 0.588. The summed E-state index contributed by atoms with van der Waals surface area (Å²) in [6.07, 6.45) is 2.59. The molecule has 0 radical (unpaired) electrons. The third-order valence-electron chi connectivity index (χ3n) is 4.62. The molecular weight excluding hydrogens is 288 g/mol. The van der Waals surface area contributed by atoms with Crippen molar-refractivity contribution in [3.63, 3.8) is 0 Å². The number of amides is 1. The van der Waals surface area contributed by atoms with Crippen molar-refractivity contribution in [3.8, 4) is 0 Å². The van der Waals surface area contributed by atoms with Gasteiger partial charge in [0.15, 0.2) is 0 Å². The van der Waals surface area contributed by atoms with Crippen LogP contribution in [0.4, 0.5) is 8.78 Å². The van der Waals surface area contributed by atoms with Crippen LogP contribution in [0.25, 0.3) is 0 Å². The molecule has 2 aliphatic rings. The summed E-state index contributed by atoms with van der Waals surface area (Å²) < 4.78 is 33.0. The number of carbonyl (C=O) groups is 1. The van der Waals surface area contributed by atoms with Crippen molar-refractivity contribution < 1.29 is 18.3 Å². The number of ether oxygens (including phenoxy) is 1. The topological polar surface area (TPSA) is 38.3 Å². The molecular formula is C17H21F2NO2. The Balaban J connectivity index is 1.75. The molecule has 0 bridgehead atoms. The molecule has 1 aliphatic heterocycles. The van der Waals surface area contributed by atoms with E-state index in [-0.39, 0.29) is 23.0 Å². The van der Waals surface area contributed by atoms with Crippen LogP contribution in [-0.2, 0) is 15.1 Å². The van der Waals surface area contributed by atoms with Gasteiger partial charge in [-0.15, -0.1) is 0 Å². The highest BCUT2D eigenvalue weighted by Gasteiger charge is 2.48. The second-order valence-corrected chi connectivity index (χ2v) is 6.99. The number of hydrogen-bond acceptors (Lipinski definition) is 2. The minimum Gasteiger partial charge on any atom is -0.376 e. The highest BCUT2D eigenvalue weighted by Crippen LogP contribution is 2.47. The monoisotopic (exact) mass is 309 g/mol. The second-order valence-electron chi connectivity index (χ2n) is 6.99. The molecule has 3 nitrogen and oxygen atoms in total. The van der Waals surface area contributed by atoms with Crippen LogP contribution in [0.15, 0.2) is 18.2 Å². The first-order valence-corrected chi connectivity index (χ1v) is 7.73. The van der Waals surface area contributed by atoms with Crippen molar-refractivity contribution in [3.05, 3.63) is 35.4 Å². The maximum absolute atomic E-state index is 14.0. The molecule has 1 heterocycles. The molecule has 1 unspecified atom stereocenters. The Morgan fingerprint density at radius 3 is 2.68 bits per heavy atom. The molecule has 3 rings (SSSR count). The van der Waals surface area contributed by atoms with E-state index >= 15 is 0 Å². The first-order chi connectivity index (χ1) is 10.3. The van der Waals surface area contributed by atoms with Crippen LogP contribution in [-0.4, -0.2) is 18.1 Å². The molecule has 1 aromatic rings. The predicted octanol–water partition coefficient (Wildman–Crippen LogP) is 3.28. The van der Waals surface area contributed by atoms with Crippen molar-refractivity contribution >= 4 is 5.91 Å². The van der Waals surface area contributed by atoms with E-state index in [9.17, 15) is 13.6 Å². The van der Waals surface area contributed by atoms with E-state index in [0.29, 0.717) is 32.3 Å². The summed E-state index contributed by atoms with van der Waals surface area (Å²) in [5.41, 5.74) is -0.792. The third-order valence-corrected chi connectivity index (χ3v) is 4.62. The van der Waals surface area contributed by atoms with E-state index < -0.39 is 17.2 Å². The van der Waals surface area contributed by atoms with Crippen molar-refractivity contribution in [2.75, 3.05) is 6.61 Å². The van der Waals surface area contributed by atoms with Gasteiger partial charge in [-0.25, -0.2) is 8.78 Å². The van der Waals surface area contributed by atoms with Crippen LogP contribution in [0.1, 0.15) is 45.1 Å². The minimum atomic E-state index is -0.730. The fourth-order valence-corrected chi connectivity index (χ4v) is 3.24. The number of carbonyl (C=O) groups excluding carboxylic acids is 1. The van der Waals surface area contributed by atoms with Gasteiger partial charge in [0.05, 0.1) is 11.1 Å². The van der Waals surface area contributed by atoms with Gasteiger partial charge >= 0.3 is 0 Å². The second kappa shape index (κ2) is 5.30. The van der Waals surface area contributed by atoms with Crippen LogP contribution < -0.4 is 5.32 Å². The number of nitrogens with one attached hydrogen (secondary N) is 1. The molecule has 2 fully saturated rings. The predicted molar refractivity (Wildman–Crippen MR) is 78.2 cm³/mol. The zero-order valence-corrected chi connectivity index (χ0v) is 12.9. The molecule has 0 aromatic heterocycles. The first-order valence-electron chi connectivity index (χ1n) is 7.73. The van der Waals surface area contributed by atoms with E-state index in [4.69, 9.17) is 4.74 Å². The van der Waals surface area contributed by atoms with E-state index in [1.807, 2.05) is 13.8 Å². The minimum absolute atomic E-state index is 0.0856. The van der Waals surface area contributed by atoms with Gasteiger partial charge in [0, 0.05) is 18.1 Å². The maximum Gasteiger partial charge on any atom is 0.224 e.